The number of benzene rings is 1. The Morgan fingerprint density at radius 1 is 1.33 bits per heavy atom. The molecule has 0 saturated carbocycles. The van der Waals surface area contributed by atoms with E-state index >= 15 is 0 Å². The van der Waals surface area contributed by atoms with Gasteiger partial charge < -0.3 is 9.52 Å². The lowest BCUT2D eigenvalue weighted by atomic mass is 10.1. The molecular formula is C18H14N4O4S. The molecule has 0 spiro atoms. The lowest BCUT2D eigenvalue weighted by molar-refractivity contribution is -0.114. The van der Waals surface area contributed by atoms with Gasteiger partial charge in [0, 0.05) is 12.0 Å². The molecule has 1 amide bonds. The van der Waals surface area contributed by atoms with Gasteiger partial charge in [0.1, 0.15) is 22.6 Å². The normalized spacial score (nSPS) is 18.3. The molecule has 0 aliphatic carbocycles. The van der Waals surface area contributed by atoms with E-state index in [-0.39, 0.29) is 45.0 Å². The first-order valence-corrected chi connectivity index (χ1v) is 8.91. The molecule has 2 N–H and O–H groups in total. The molecule has 2 aromatic rings. The lowest BCUT2D eigenvalue weighted by Gasteiger charge is -2.20. The fraction of sp³-hybridized carbons (Fsp3) is 0.167. The molecule has 0 fully saturated rings. The largest absolute Gasteiger partial charge is 0.508 e. The molecule has 2 aliphatic heterocycles. The quantitative estimate of drug-likeness (QED) is 0.771. The number of nitrogens with one attached hydrogen (secondary N) is 1. The number of phenolic OH excluding ortho intramolecular Hbond substituents is 1. The Kier molecular flexibility index (Phi) is 3.96. The van der Waals surface area contributed by atoms with Gasteiger partial charge in [-0.05, 0) is 30.0 Å². The Morgan fingerprint density at radius 3 is 2.85 bits per heavy atom. The van der Waals surface area contributed by atoms with E-state index in [4.69, 9.17) is 9.83 Å². The number of amides is 1. The first kappa shape index (κ1) is 17.2. The summed E-state index contributed by atoms with van der Waals surface area (Å²) < 4.78 is 5.38. The van der Waals surface area contributed by atoms with Crippen LogP contribution in [0.25, 0.3) is 17.0 Å². The minimum absolute atomic E-state index is 0.0202. The maximum atomic E-state index is 12.6. The van der Waals surface area contributed by atoms with Gasteiger partial charge in [-0.2, -0.15) is 15.1 Å². The summed E-state index contributed by atoms with van der Waals surface area (Å²) in [6.07, 6.45) is 2.48. The van der Waals surface area contributed by atoms with Gasteiger partial charge in [-0.15, -0.1) is 0 Å². The highest BCUT2D eigenvalue weighted by atomic mass is 32.2. The summed E-state index contributed by atoms with van der Waals surface area (Å²) in [6, 6.07) is 4.16. The van der Waals surface area contributed by atoms with E-state index < -0.39 is 5.91 Å². The fourth-order valence-corrected chi connectivity index (χ4v) is 3.52. The predicted octanol–water partition coefficient (Wildman–Crippen LogP) is 2.77. The zero-order chi connectivity index (χ0) is 19.3. The van der Waals surface area contributed by atoms with Crippen molar-refractivity contribution < 1.29 is 14.3 Å². The Bertz CT molecular complexity index is 1160. The topological polar surface area (TPSA) is 119 Å². The number of phenols is 1. The van der Waals surface area contributed by atoms with Crippen molar-refractivity contribution in [3.8, 4) is 5.75 Å². The summed E-state index contributed by atoms with van der Waals surface area (Å²) >= 11 is 1.26. The molecule has 9 heteroatoms. The molecule has 136 valence electrons. The Labute approximate surface area is 157 Å². The number of thioether (sulfide) groups is 1. The summed E-state index contributed by atoms with van der Waals surface area (Å²) in [5.74, 6) is -0.627. The highest BCUT2D eigenvalue weighted by Gasteiger charge is 2.36. The molecule has 1 aromatic carbocycles. The van der Waals surface area contributed by atoms with Crippen LogP contribution in [0.2, 0.25) is 0 Å². The Balaban J connectivity index is 1.79. The maximum Gasteiger partial charge on any atom is 0.283 e. The van der Waals surface area contributed by atoms with Crippen LogP contribution in [0, 0.1) is 11.3 Å². The summed E-state index contributed by atoms with van der Waals surface area (Å²) in [7, 11) is 0. The molecule has 0 atom stereocenters. The second-order valence-corrected chi connectivity index (χ2v) is 7.30. The van der Waals surface area contributed by atoms with E-state index in [1.165, 1.54) is 47.3 Å². The van der Waals surface area contributed by atoms with Crippen molar-refractivity contribution in [3.63, 3.8) is 0 Å². The minimum atomic E-state index is -0.607. The van der Waals surface area contributed by atoms with Crippen LogP contribution in [-0.4, -0.2) is 32.1 Å². The van der Waals surface area contributed by atoms with Gasteiger partial charge in [-0.1, -0.05) is 13.8 Å². The van der Waals surface area contributed by atoms with Crippen LogP contribution in [0.5, 0.6) is 5.75 Å². The van der Waals surface area contributed by atoms with E-state index in [1.807, 2.05) is 13.8 Å². The monoisotopic (exact) mass is 382 g/mol. The third kappa shape index (κ3) is 2.85. The smallest absolute Gasteiger partial charge is 0.283 e. The molecule has 3 heterocycles. The van der Waals surface area contributed by atoms with Crippen molar-refractivity contribution in [2.24, 2.45) is 16.0 Å². The number of carbonyl (C=O) groups excluding carboxylic acids is 1. The third-order valence-electron chi connectivity index (χ3n) is 4.05. The van der Waals surface area contributed by atoms with Crippen LogP contribution in [0.1, 0.15) is 19.4 Å². The molecule has 1 aromatic heterocycles. The number of hydrogen-bond acceptors (Lipinski definition) is 7. The molecule has 0 bridgehead atoms. The second-order valence-electron chi connectivity index (χ2n) is 6.31. The number of amidine groups is 2. The predicted molar refractivity (Wildman–Crippen MR) is 104 cm³/mol. The highest BCUT2D eigenvalue weighted by molar-refractivity contribution is 8.27. The number of nitrogens with zero attached hydrogens (tertiary/aromatic N) is 3. The number of aromatic hydroxyl groups is 1. The Morgan fingerprint density at radius 2 is 2.11 bits per heavy atom. The van der Waals surface area contributed by atoms with Gasteiger partial charge in [0.05, 0.1) is 16.5 Å². The van der Waals surface area contributed by atoms with Crippen LogP contribution in [0.3, 0.4) is 0 Å². The zero-order valence-corrected chi connectivity index (χ0v) is 15.2. The number of carbonyl (C=O) groups is 1. The van der Waals surface area contributed by atoms with Crippen molar-refractivity contribution >= 4 is 50.8 Å². The molecule has 8 nitrogen and oxygen atoms in total. The maximum absolute atomic E-state index is 12.6. The van der Waals surface area contributed by atoms with E-state index in [0.29, 0.717) is 5.17 Å². The van der Waals surface area contributed by atoms with Gasteiger partial charge in [-0.3, -0.25) is 15.0 Å². The summed E-state index contributed by atoms with van der Waals surface area (Å²) in [5.41, 5.74) is -0.0747. The zero-order valence-electron chi connectivity index (χ0n) is 14.4. The van der Waals surface area contributed by atoms with Crippen molar-refractivity contribution in [2.45, 2.75) is 13.8 Å². The van der Waals surface area contributed by atoms with Crippen molar-refractivity contribution in [1.82, 2.24) is 5.01 Å². The van der Waals surface area contributed by atoms with Crippen LogP contribution in [0.4, 0.5) is 0 Å². The lowest BCUT2D eigenvalue weighted by Crippen LogP contribution is -2.35. The molecule has 0 radical (unpaired) electrons. The van der Waals surface area contributed by atoms with Gasteiger partial charge >= 0.3 is 0 Å². The first-order chi connectivity index (χ1) is 12.8. The number of hydrazone groups is 1. The van der Waals surface area contributed by atoms with E-state index in [2.05, 4.69) is 10.1 Å². The van der Waals surface area contributed by atoms with Crippen LogP contribution < -0.4 is 5.43 Å². The minimum Gasteiger partial charge on any atom is -0.508 e. The van der Waals surface area contributed by atoms with E-state index in [9.17, 15) is 14.7 Å². The summed E-state index contributed by atoms with van der Waals surface area (Å²) in [4.78, 5) is 29.0. The molecule has 27 heavy (non-hydrogen) atoms. The van der Waals surface area contributed by atoms with Crippen LogP contribution >= 0.6 is 11.8 Å². The third-order valence-corrected chi connectivity index (χ3v) is 5.26. The number of rotatable bonds is 2. The van der Waals surface area contributed by atoms with E-state index in [1.54, 1.807) is 0 Å². The first-order valence-electron chi connectivity index (χ1n) is 8.10. The van der Waals surface area contributed by atoms with Crippen molar-refractivity contribution in [1.29, 1.82) is 5.41 Å². The molecule has 0 saturated heterocycles. The van der Waals surface area contributed by atoms with Crippen molar-refractivity contribution in [3.05, 3.63) is 45.8 Å². The van der Waals surface area contributed by atoms with Crippen molar-refractivity contribution in [2.75, 3.05) is 0 Å². The molecule has 2 aliphatic rings. The average Bonchev–Trinajstić information content (AvgIpc) is 3.04. The van der Waals surface area contributed by atoms with Gasteiger partial charge in [-0.25, -0.2) is 0 Å². The van der Waals surface area contributed by atoms with Gasteiger partial charge in [0.15, 0.2) is 11.3 Å². The standard InChI is InChI=1S/C18H14N4O4S/c1-8(2)17-21-22-15(19)12(16(25)20-18(22)27-17)5-9-7-26-13-6-10(23)3-4-11(13)14(9)24/h3-8,19,23H,1-2H3. The molecular weight excluding hydrogens is 368 g/mol. The number of fused-ring (bicyclic) bond motifs is 2. The highest BCUT2D eigenvalue weighted by Crippen LogP contribution is 2.30. The fourth-order valence-electron chi connectivity index (χ4n) is 2.63. The number of hydrogen-bond donors (Lipinski definition) is 2. The number of aliphatic imine (C=N–C) groups is 1. The van der Waals surface area contributed by atoms with Crippen LogP contribution in [-0.2, 0) is 4.79 Å². The molecule has 0 unspecified atom stereocenters. The Hall–Kier alpha value is -3.20. The van der Waals surface area contributed by atoms with Gasteiger partial charge in [0.2, 0.25) is 5.17 Å². The van der Waals surface area contributed by atoms with Gasteiger partial charge in [0.25, 0.3) is 5.91 Å². The summed E-state index contributed by atoms with van der Waals surface area (Å²) in [6.45, 7) is 3.93. The van der Waals surface area contributed by atoms with Crippen LogP contribution in [0.15, 0.2) is 49.3 Å². The average molecular weight is 382 g/mol. The SMILES string of the molecule is CC(C)C1=NN2C(=N)C(=Cc3coc4cc(O)ccc4c3=O)C(=O)N=C2S1. The van der Waals surface area contributed by atoms with E-state index in [0.717, 1.165) is 5.04 Å². The second kappa shape index (κ2) is 6.20. The molecule has 4 rings (SSSR count). The summed E-state index contributed by atoms with van der Waals surface area (Å²) in [5, 5.41) is 24.8.